The third kappa shape index (κ3) is 2.37. The van der Waals surface area contributed by atoms with E-state index < -0.39 is 17.1 Å². The van der Waals surface area contributed by atoms with Gasteiger partial charge in [0.1, 0.15) is 5.82 Å². The topological polar surface area (TPSA) is 78.6 Å². The van der Waals surface area contributed by atoms with Gasteiger partial charge in [-0.1, -0.05) is 0 Å². The molecule has 3 aromatic rings. The van der Waals surface area contributed by atoms with Crippen molar-refractivity contribution in [2.24, 2.45) is 0 Å². The standard InChI is InChI=1S/C14H9FIN3O2/c1-6-4-8-12(18-14(21)19-13(8)20)11(16)10(6)9-3-2-7(15)5-17-9/h2-5H,1H3,(H2,18,19,20,21). The Kier molecular flexibility index (Phi) is 3.36. The Morgan fingerprint density at radius 3 is 2.67 bits per heavy atom. The highest BCUT2D eigenvalue weighted by molar-refractivity contribution is 14.1. The van der Waals surface area contributed by atoms with Gasteiger partial charge in [-0.05, 0) is 53.3 Å². The molecule has 0 spiro atoms. The highest BCUT2D eigenvalue weighted by atomic mass is 127. The van der Waals surface area contributed by atoms with Crippen LogP contribution in [0, 0.1) is 16.3 Å². The fourth-order valence-electron chi connectivity index (χ4n) is 2.23. The fraction of sp³-hybridized carbons (Fsp3) is 0.0714. The quantitative estimate of drug-likeness (QED) is 0.619. The monoisotopic (exact) mass is 397 g/mol. The molecule has 21 heavy (non-hydrogen) atoms. The number of hydrogen-bond acceptors (Lipinski definition) is 3. The number of nitrogens with zero attached hydrogens (tertiary/aromatic N) is 1. The van der Waals surface area contributed by atoms with Crippen LogP contribution in [0.15, 0.2) is 34.0 Å². The molecule has 2 aromatic heterocycles. The van der Waals surface area contributed by atoms with E-state index in [9.17, 15) is 14.0 Å². The lowest BCUT2D eigenvalue weighted by molar-refractivity contribution is 0.622. The van der Waals surface area contributed by atoms with E-state index >= 15 is 0 Å². The molecule has 0 fully saturated rings. The number of fused-ring (bicyclic) bond motifs is 1. The molecule has 106 valence electrons. The van der Waals surface area contributed by atoms with Crippen molar-refractivity contribution >= 4 is 33.5 Å². The van der Waals surface area contributed by atoms with Crippen LogP contribution in [0.5, 0.6) is 0 Å². The molecule has 0 atom stereocenters. The van der Waals surface area contributed by atoms with Gasteiger partial charge in [0.25, 0.3) is 5.56 Å². The third-order valence-corrected chi connectivity index (χ3v) is 4.24. The van der Waals surface area contributed by atoms with Crippen LogP contribution in [0.1, 0.15) is 5.56 Å². The number of hydrogen-bond donors (Lipinski definition) is 2. The first-order valence-corrected chi connectivity index (χ1v) is 7.12. The predicted molar refractivity (Wildman–Crippen MR) is 85.8 cm³/mol. The zero-order valence-corrected chi connectivity index (χ0v) is 13.0. The smallest absolute Gasteiger partial charge is 0.306 e. The second-order valence-corrected chi connectivity index (χ2v) is 5.65. The molecule has 0 unspecified atom stereocenters. The molecule has 3 rings (SSSR count). The zero-order valence-electron chi connectivity index (χ0n) is 10.8. The number of halogens is 2. The summed E-state index contributed by atoms with van der Waals surface area (Å²) in [5.41, 5.74) is 1.63. The van der Waals surface area contributed by atoms with Crippen LogP contribution < -0.4 is 11.2 Å². The van der Waals surface area contributed by atoms with Crippen molar-refractivity contribution in [1.29, 1.82) is 0 Å². The normalized spacial score (nSPS) is 11.0. The number of benzene rings is 1. The number of rotatable bonds is 1. The molecule has 0 aliphatic heterocycles. The molecular weight excluding hydrogens is 388 g/mol. The zero-order chi connectivity index (χ0) is 15.1. The van der Waals surface area contributed by atoms with Gasteiger partial charge in [0.2, 0.25) is 0 Å². The molecular formula is C14H9FIN3O2. The Labute approximate surface area is 131 Å². The van der Waals surface area contributed by atoms with E-state index in [4.69, 9.17) is 0 Å². The van der Waals surface area contributed by atoms with Crippen molar-refractivity contribution in [3.8, 4) is 11.3 Å². The van der Waals surface area contributed by atoms with E-state index in [0.717, 1.165) is 17.3 Å². The van der Waals surface area contributed by atoms with Crippen LogP contribution in [-0.4, -0.2) is 15.0 Å². The fourth-order valence-corrected chi connectivity index (χ4v) is 3.36. The average molecular weight is 397 g/mol. The van der Waals surface area contributed by atoms with Crippen molar-refractivity contribution in [1.82, 2.24) is 15.0 Å². The highest BCUT2D eigenvalue weighted by Crippen LogP contribution is 2.31. The summed E-state index contributed by atoms with van der Waals surface area (Å²) in [7, 11) is 0. The maximum absolute atomic E-state index is 13.0. The maximum atomic E-state index is 13.0. The number of aromatic amines is 2. The lowest BCUT2D eigenvalue weighted by Gasteiger charge is -2.10. The van der Waals surface area contributed by atoms with Gasteiger partial charge >= 0.3 is 5.69 Å². The lowest BCUT2D eigenvalue weighted by atomic mass is 10.0. The number of aryl methyl sites for hydroxylation is 1. The maximum Gasteiger partial charge on any atom is 0.326 e. The Morgan fingerprint density at radius 2 is 2.00 bits per heavy atom. The molecule has 5 nitrogen and oxygen atoms in total. The number of pyridine rings is 1. The molecule has 2 heterocycles. The molecule has 0 saturated heterocycles. The van der Waals surface area contributed by atoms with Gasteiger partial charge in [0.15, 0.2) is 0 Å². The average Bonchev–Trinajstić information content (AvgIpc) is 2.42. The summed E-state index contributed by atoms with van der Waals surface area (Å²) < 4.78 is 13.7. The van der Waals surface area contributed by atoms with Gasteiger partial charge in [0.05, 0.1) is 22.8 Å². The minimum Gasteiger partial charge on any atom is -0.306 e. The first-order valence-electron chi connectivity index (χ1n) is 6.04. The summed E-state index contributed by atoms with van der Waals surface area (Å²) in [6.45, 7) is 1.84. The number of nitrogens with one attached hydrogen (secondary N) is 2. The number of H-pyrrole nitrogens is 2. The van der Waals surface area contributed by atoms with E-state index in [-0.39, 0.29) is 0 Å². The van der Waals surface area contributed by atoms with E-state index in [1.807, 2.05) is 6.92 Å². The van der Waals surface area contributed by atoms with Gasteiger partial charge < -0.3 is 4.98 Å². The molecule has 1 aromatic carbocycles. The van der Waals surface area contributed by atoms with Gasteiger partial charge in [0, 0.05) is 9.13 Å². The van der Waals surface area contributed by atoms with Crippen LogP contribution in [0.25, 0.3) is 22.2 Å². The van der Waals surface area contributed by atoms with Gasteiger partial charge in [-0.3, -0.25) is 14.8 Å². The van der Waals surface area contributed by atoms with Gasteiger partial charge in [-0.25, -0.2) is 9.18 Å². The van der Waals surface area contributed by atoms with Gasteiger partial charge in [-0.2, -0.15) is 0 Å². The van der Waals surface area contributed by atoms with Crippen molar-refractivity contribution < 1.29 is 4.39 Å². The summed E-state index contributed by atoms with van der Waals surface area (Å²) >= 11 is 2.05. The summed E-state index contributed by atoms with van der Waals surface area (Å²) in [5, 5.41) is 0.405. The van der Waals surface area contributed by atoms with Crippen molar-refractivity contribution in [2.75, 3.05) is 0 Å². The van der Waals surface area contributed by atoms with Crippen LogP contribution in [0.4, 0.5) is 4.39 Å². The summed E-state index contributed by atoms with van der Waals surface area (Å²) in [6.07, 6.45) is 1.13. The molecule has 0 aliphatic carbocycles. The number of aromatic nitrogens is 3. The summed E-state index contributed by atoms with van der Waals surface area (Å²) in [6, 6.07) is 4.58. The predicted octanol–water partition coefficient (Wildman–Crippen LogP) is 2.33. The molecule has 2 N–H and O–H groups in total. The van der Waals surface area contributed by atoms with Crippen molar-refractivity contribution in [3.05, 3.63) is 60.2 Å². The van der Waals surface area contributed by atoms with Crippen LogP contribution in [0.2, 0.25) is 0 Å². The van der Waals surface area contributed by atoms with Crippen LogP contribution in [-0.2, 0) is 0 Å². The first kappa shape index (κ1) is 13.9. The Bertz CT molecular complexity index is 961. The molecule has 0 saturated carbocycles. The lowest BCUT2D eigenvalue weighted by Crippen LogP contribution is -2.22. The van der Waals surface area contributed by atoms with E-state index in [0.29, 0.717) is 20.2 Å². The van der Waals surface area contributed by atoms with E-state index in [1.165, 1.54) is 6.07 Å². The Morgan fingerprint density at radius 1 is 1.24 bits per heavy atom. The molecule has 0 radical (unpaired) electrons. The second kappa shape index (κ2) is 5.06. The minimum atomic E-state index is -0.563. The van der Waals surface area contributed by atoms with Crippen molar-refractivity contribution in [2.45, 2.75) is 6.92 Å². The van der Waals surface area contributed by atoms with Crippen molar-refractivity contribution in [3.63, 3.8) is 0 Å². The molecule has 0 bridgehead atoms. The van der Waals surface area contributed by atoms with Crippen LogP contribution >= 0.6 is 22.6 Å². The molecule has 0 aliphatic rings. The summed E-state index contributed by atoms with van der Waals surface area (Å²) in [5.74, 6) is -0.419. The van der Waals surface area contributed by atoms with Gasteiger partial charge in [-0.15, -0.1) is 0 Å². The third-order valence-electron chi connectivity index (χ3n) is 3.16. The van der Waals surface area contributed by atoms with Crippen LogP contribution in [0.3, 0.4) is 0 Å². The van der Waals surface area contributed by atoms with E-state index in [1.54, 1.807) is 12.1 Å². The second-order valence-electron chi connectivity index (χ2n) is 4.57. The van der Waals surface area contributed by atoms with E-state index in [2.05, 4.69) is 37.5 Å². The molecule has 7 heteroatoms. The molecule has 0 amide bonds. The first-order chi connectivity index (χ1) is 9.97. The largest absolute Gasteiger partial charge is 0.326 e. The SMILES string of the molecule is Cc1cc2c(=O)[nH]c(=O)[nH]c2c(I)c1-c1ccc(F)cn1. The Hall–Kier alpha value is -2.03. The Balaban J connectivity index is 2.41. The minimum absolute atomic E-state index is 0.405. The summed E-state index contributed by atoms with van der Waals surface area (Å²) in [4.78, 5) is 32.2. The highest BCUT2D eigenvalue weighted by Gasteiger charge is 2.14.